The fourth-order valence-electron chi connectivity index (χ4n) is 2.39. The monoisotopic (exact) mass is 271 g/mol. The second kappa shape index (κ2) is 5.46. The molecule has 2 heterocycles. The van der Waals surface area contributed by atoms with E-state index in [-0.39, 0.29) is 0 Å². The predicted octanol–water partition coefficient (Wildman–Crippen LogP) is 2.34. The number of aryl methyl sites for hydroxylation is 1. The van der Waals surface area contributed by atoms with E-state index in [1.54, 1.807) is 7.11 Å². The second-order valence-corrected chi connectivity index (χ2v) is 4.81. The number of nitrogens with zero attached hydrogens (tertiary/aromatic N) is 3. The molecule has 0 bridgehead atoms. The van der Waals surface area contributed by atoms with E-state index < -0.39 is 0 Å². The lowest BCUT2D eigenvalue weighted by molar-refractivity contribution is 0.199. The summed E-state index contributed by atoms with van der Waals surface area (Å²) in [5, 5.41) is 5.19. The van der Waals surface area contributed by atoms with E-state index in [0.717, 1.165) is 0 Å². The molecule has 0 aliphatic carbocycles. The van der Waals surface area contributed by atoms with Gasteiger partial charge in [-0.05, 0) is 11.6 Å². The van der Waals surface area contributed by atoms with Crippen molar-refractivity contribution in [2.75, 3.05) is 13.7 Å². The minimum Gasteiger partial charge on any atom is -0.384 e. The average Bonchev–Trinajstić information content (AvgIpc) is 3.03. The first-order chi connectivity index (χ1) is 9.78. The summed E-state index contributed by atoms with van der Waals surface area (Å²) in [5.74, 6) is 1.34. The third-order valence-corrected chi connectivity index (χ3v) is 3.36. The minimum absolute atomic E-state index is 0.604. The molecule has 2 aromatic heterocycles. The molecule has 0 aliphatic rings. The topological polar surface area (TPSA) is 53.1 Å². The van der Waals surface area contributed by atoms with Crippen LogP contribution in [-0.4, -0.2) is 28.4 Å². The molecule has 0 saturated heterocycles. The highest BCUT2D eigenvalue weighted by Gasteiger charge is 2.11. The highest BCUT2D eigenvalue weighted by molar-refractivity contribution is 5.84. The van der Waals surface area contributed by atoms with Gasteiger partial charge in [-0.2, -0.15) is 4.98 Å². The second-order valence-electron chi connectivity index (χ2n) is 4.81. The zero-order chi connectivity index (χ0) is 13.9. The Morgan fingerprint density at radius 1 is 1.30 bits per heavy atom. The van der Waals surface area contributed by atoms with E-state index in [9.17, 15) is 0 Å². The first-order valence-corrected chi connectivity index (χ1v) is 6.61. The summed E-state index contributed by atoms with van der Waals surface area (Å²) in [7, 11) is 3.71. The predicted molar refractivity (Wildman–Crippen MR) is 75.6 cm³/mol. The van der Waals surface area contributed by atoms with Gasteiger partial charge < -0.3 is 13.8 Å². The smallest absolute Gasteiger partial charge is 0.231 e. The molecule has 0 aliphatic heterocycles. The van der Waals surface area contributed by atoms with Crippen LogP contribution in [0.25, 0.3) is 10.9 Å². The lowest BCUT2D eigenvalue weighted by Gasteiger charge is -1.94. The molecule has 3 rings (SSSR count). The SMILES string of the molecule is COCCc1noc(Cc2cn(C)c3ccccc23)n1. The van der Waals surface area contributed by atoms with Crippen LogP contribution in [0.15, 0.2) is 35.0 Å². The van der Waals surface area contributed by atoms with Gasteiger partial charge in [0.15, 0.2) is 5.82 Å². The van der Waals surface area contributed by atoms with Gasteiger partial charge in [0.2, 0.25) is 5.89 Å². The summed E-state index contributed by atoms with van der Waals surface area (Å²) in [6, 6.07) is 8.31. The van der Waals surface area contributed by atoms with Crippen LogP contribution in [0.2, 0.25) is 0 Å². The normalized spacial score (nSPS) is 11.3. The molecule has 104 valence electrons. The third-order valence-electron chi connectivity index (χ3n) is 3.36. The van der Waals surface area contributed by atoms with Crippen LogP contribution < -0.4 is 0 Å². The number of benzene rings is 1. The van der Waals surface area contributed by atoms with Gasteiger partial charge in [0.05, 0.1) is 13.0 Å². The van der Waals surface area contributed by atoms with Gasteiger partial charge in [0.25, 0.3) is 0 Å². The third kappa shape index (κ3) is 2.44. The molecule has 0 unspecified atom stereocenters. The molecule has 5 nitrogen and oxygen atoms in total. The molecule has 0 spiro atoms. The summed E-state index contributed by atoms with van der Waals surface area (Å²) < 4.78 is 12.4. The van der Waals surface area contributed by atoms with Gasteiger partial charge in [0.1, 0.15) is 0 Å². The van der Waals surface area contributed by atoms with Gasteiger partial charge in [-0.3, -0.25) is 0 Å². The first-order valence-electron chi connectivity index (χ1n) is 6.61. The summed E-state index contributed by atoms with van der Waals surface area (Å²) in [4.78, 5) is 4.39. The lowest BCUT2D eigenvalue weighted by Crippen LogP contribution is -1.96. The van der Waals surface area contributed by atoms with E-state index in [4.69, 9.17) is 9.26 Å². The van der Waals surface area contributed by atoms with E-state index in [2.05, 4.69) is 33.0 Å². The first kappa shape index (κ1) is 12.9. The maximum atomic E-state index is 5.30. The van der Waals surface area contributed by atoms with Gasteiger partial charge in [0, 0.05) is 37.7 Å². The Hall–Kier alpha value is -2.14. The van der Waals surface area contributed by atoms with E-state index in [1.807, 2.05) is 19.2 Å². The summed E-state index contributed by atoms with van der Waals surface area (Å²) in [6.45, 7) is 0.604. The van der Waals surface area contributed by atoms with Crippen LogP contribution in [0.3, 0.4) is 0 Å². The number of hydrogen-bond donors (Lipinski definition) is 0. The number of para-hydroxylation sites is 1. The van der Waals surface area contributed by atoms with Crippen molar-refractivity contribution in [3.63, 3.8) is 0 Å². The van der Waals surface area contributed by atoms with Crippen molar-refractivity contribution in [2.24, 2.45) is 7.05 Å². The Balaban J connectivity index is 1.84. The standard InChI is InChI=1S/C15H17N3O2/c1-18-10-11(12-5-3-4-6-13(12)18)9-15-16-14(17-20-15)7-8-19-2/h3-6,10H,7-9H2,1-2H3. The molecule has 0 atom stereocenters. The number of methoxy groups -OCH3 is 1. The molecule has 0 fully saturated rings. The van der Waals surface area contributed by atoms with Crippen molar-refractivity contribution in [2.45, 2.75) is 12.8 Å². The minimum atomic E-state index is 0.604. The maximum absolute atomic E-state index is 5.30. The quantitative estimate of drug-likeness (QED) is 0.714. The van der Waals surface area contributed by atoms with Crippen molar-refractivity contribution in [3.8, 4) is 0 Å². The number of rotatable bonds is 5. The van der Waals surface area contributed by atoms with E-state index in [0.29, 0.717) is 31.2 Å². The molecule has 5 heteroatoms. The fraction of sp³-hybridized carbons (Fsp3) is 0.333. The van der Waals surface area contributed by atoms with Crippen LogP contribution in [0, 0.1) is 0 Å². The summed E-state index contributed by atoms with van der Waals surface area (Å²) in [5.41, 5.74) is 2.41. The van der Waals surface area contributed by atoms with Crippen LogP contribution >= 0.6 is 0 Å². The molecular weight excluding hydrogens is 254 g/mol. The van der Waals surface area contributed by atoms with Crippen LogP contribution in [0.5, 0.6) is 0 Å². The number of aromatic nitrogens is 3. The van der Waals surface area contributed by atoms with E-state index >= 15 is 0 Å². The number of ether oxygens (including phenoxy) is 1. The van der Waals surface area contributed by atoms with Crippen molar-refractivity contribution in [3.05, 3.63) is 47.7 Å². The molecule has 3 aromatic rings. The van der Waals surface area contributed by atoms with Crippen molar-refractivity contribution < 1.29 is 9.26 Å². The molecule has 0 saturated carbocycles. The van der Waals surface area contributed by atoms with Crippen LogP contribution in [-0.2, 0) is 24.6 Å². The largest absolute Gasteiger partial charge is 0.384 e. The highest BCUT2D eigenvalue weighted by atomic mass is 16.5. The fourth-order valence-corrected chi connectivity index (χ4v) is 2.39. The van der Waals surface area contributed by atoms with E-state index in [1.165, 1.54) is 16.5 Å². The Morgan fingerprint density at radius 3 is 3.00 bits per heavy atom. The Morgan fingerprint density at radius 2 is 2.15 bits per heavy atom. The van der Waals surface area contributed by atoms with Crippen LogP contribution in [0.1, 0.15) is 17.3 Å². The molecular formula is C15H17N3O2. The van der Waals surface area contributed by atoms with Crippen molar-refractivity contribution in [1.29, 1.82) is 0 Å². The van der Waals surface area contributed by atoms with Gasteiger partial charge in [-0.25, -0.2) is 0 Å². The molecule has 0 radical (unpaired) electrons. The number of fused-ring (bicyclic) bond motifs is 1. The van der Waals surface area contributed by atoms with Gasteiger partial charge >= 0.3 is 0 Å². The summed E-state index contributed by atoms with van der Waals surface area (Å²) >= 11 is 0. The zero-order valence-corrected chi connectivity index (χ0v) is 11.7. The van der Waals surface area contributed by atoms with Crippen LogP contribution in [0.4, 0.5) is 0 Å². The Bertz CT molecular complexity index is 715. The van der Waals surface area contributed by atoms with Gasteiger partial charge in [-0.1, -0.05) is 23.4 Å². The number of hydrogen-bond acceptors (Lipinski definition) is 4. The van der Waals surface area contributed by atoms with Crippen molar-refractivity contribution >= 4 is 10.9 Å². The average molecular weight is 271 g/mol. The molecule has 0 N–H and O–H groups in total. The lowest BCUT2D eigenvalue weighted by atomic mass is 10.1. The maximum Gasteiger partial charge on any atom is 0.231 e. The molecule has 0 amide bonds. The van der Waals surface area contributed by atoms with Crippen molar-refractivity contribution in [1.82, 2.24) is 14.7 Å². The van der Waals surface area contributed by atoms with Gasteiger partial charge in [-0.15, -0.1) is 0 Å². The summed E-state index contributed by atoms with van der Waals surface area (Å²) in [6.07, 6.45) is 3.45. The highest BCUT2D eigenvalue weighted by Crippen LogP contribution is 2.22. The Labute approximate surface area is 117 Å². The molecule has 1 aromatic carbocycles. The molecule has 20 heavy (non-hydrogen) atoms. The zero-order valence-electron chi connectivity index (χ0n) is 11.7. The Kier molecular flexibility index (Phi) is 3.52.